The number of ether oxygens (including phenoxy) is 1. The van der Waals surface area contributed by atoms with Crippen LogP contribution < -0.4 is 10.1 Å². The van der Waals surface area contributed by atoms with E-state index in [2.05, 4.69) is 17.1 Å². The Balaban J connectivity index is 2.30. The largest absolute Gasteiger partial charge is 0.488 e. The molecule has 1 aromatic rings. The number of hydrogen-bond donors (Lipinski definition) is 2. The van der Waals surface area contributed by atoms with Crippen molar-refractivity contribution < 1.29 is 19.4 Å². The van der Waals surface area contributed by atoms with E-state index in [9.17, 15) is 14.7 Å². The summed E-state index contributed by atoms with van der Waals surface area (Å²) in [4.78, 5) is 31.5. The van der Waals surface area contributed by atoms with Gasteiger partial charge in [0.2, 0.25) is 5.91 Å². The number of benzene rings is 1. The normalized spacial score (nSPS) is 20.2. The van der Waals surface area contributed by atoms with Crippen LogP contribution in [0.1, 0.15) is 37.0 Å². The van der Waals surface area contributed by atoms with E-state index >= 15 is 0 Å². The fourth-order valence-electron chi connectivity index (χ4n) is 3.66. The Morgan fingerprint density at radius 1 is 1.29 bits per heavy atom. The van der Waals surface area contributed by atoms with E-state index in [1.807, 2.05) is 40.0 Å². The second-order valence-corrected chi connectivity index (χ2v) is 9.05. The molecule has 0 saturated heterocycles. The smallest absolute Gasteiger partial charge is 0.258 e. The van der Waals surface area contributed by atoms with Crippen LogP contribution >= 0.6 is 0 Å². The van der Waals surface area contributed by atoms with Crippen molar-refractivity contribution in [3.05, 3.63) is 23.8 Å². The van der Waals surface area contributed by atoms with Crippen molar-refractivity contribution >= 4 is 17.5 Å². The number of hydrogen-bond acceptors (Lipinski definition) is 6. The molecule has 0 radical (unpaired) electrons. The molecule has 1 heterocycles. The van der Waals surface area contributed by atoms with Gasteiger partial charge in [-0.05, 0) is 66.3 Å². The minimum atomic E-state index is -0.315. The van der Waals surface area contributed by atoms with Gasteiger partial charge in [0.25, 0.3) is 5.91 Å². The Bertz CT molecular complexity index is 753. The third-order valence-electron chi connectivity index (χ3n) is 5.50. The zero-order valence-electron chi connectivity index (χ0n) is 19.7. The number of likely N-dealkylation sites (N-methyl/N-ethyl adjacent to an activating group) is 1. The number of amides is 2. The molecule has 3 atom stereocenters. The third-order valence-corrected chi connectivity index (χ3v) is 5.50. The Labute approximate surface area is 186 Å². The van der Waals surface area contributed by atoms with Crippen molar-refractivity contribution in [1.29, 1.82) is 0 Å². The molecule has 0 unspecified atom stereocenters. The summed E-state index contributed by atoms with van der Waals surface area (Å²) in [5.41, 5.74) is 0.974. The lowest BCUT2D eigenvalue weighted by Gasteiger charge is -2.37. The standard InChI is InChI=1S/C23H38N4O4/c1-16-13-27(17(2)15-28)23(30)19-12-18(24-22(29)8-7-11-25(3)4)9-10-20(19)31-21(16)14-26(5)6/h9-10,12,16-17,21,28H,7-8,11,13-15H2,1-6H3,(H,24,29)/t16-,17-,21-/m1/s1. The van der Waals surface area contributed by atoms with Crippen molar-refractivity contribution in [3.63, 3.8) is 0 Å². The first-order valence-corrected chi connectivity index (χ1v) is 10.9. The van der Waals surface area contributed by atoms with Gasteiger partial charge in [-0.2, -0.15) is 0 Å². The molecular formula is C23H38N4O4. The van der Waals surface area contributed by atoms with Crippen molar-refractivity contribution in [2.45, 2.75) is 38.8 Å². The van der Waals surface area contributed by atoms with Gasteiger partial charge < -0.3 is 29.9 Å². The van der Waals surface area contributed by atoms with E-state index in [1.165, 1.54) is 0 Å². The Hall–Kier alpha value is -2.16. The number of fused-ring (bicyclic) bond motifs is 1. The Morgan fingerprint density at radius 3 is 2.61 bits per heavy atom. The van der Waals surface area contributed by atoms with Crippen LogP contribution in [0, 0.1) is 5.92 Å². The molecule has 0 saturated carbocycles. The van der Waals surface area contributed by atoms with Crippen molar-refractivity contribution in [1.82, 2.24) is 14.7 Å². The van der Waals surface area contributed by atoms with Gasteiger partial charge in [0.05, 0.1) is 18.2 Å². The second kappa shape index (κ2) is 11.5. The molecule has 0 fully saturated rings. The van der Waals surface area contributed by atoms with E-state index in [-0.39, 0.29) is 36.5 Å². The van der Waals surface area contributed by atoms with Gasteiger partial charge in [-0.25, -0.2) is 0 Å². The van der Waals surface area contributed by atoms with Gasteiger partial charge in [0.15, 0.2) is 0 Å². The molecular weight excluding hydrogens is 396 g/mol. The zero-order valence-corrected chi connectivity index (χ0v) is 19.7. The Morgan fingerprint density at radius 2 is 2.00 bits per heavy atom. The lowest BCUT2D eigenvalue weighted by atomic mass is 9.99. The van der Waals surface area contributed by atoms with Crippen LogP contribution in [0.4, 0.5) is 5.69 Å². The summed E-state index contributed by atoms with van der Waals surface area (Å²) in [5.74, 6) is 0.310. The van der Waals surface area contributed by atoms with E-state index in [4.69, 9.17) is 4.74 Å². The molecule has 2 amide bonds. The first-order valence-electron chi connectivity index (χ1n) is 10.9. The highest BCUT2D eigenvalue weighted by molar-refractivity contribution is 5.99. The van der Waals surface area contributed by atoms with Crippen molar-refractivity contribution in [2.24, 2.45) is 5.92 Å². The summed E-state index contributed by atoms with van der Waals surface area (Å²) in [7, 11) is 7.93. The van der Waals surface area contributed by atoms with Gasteiger partial charge >= 0.3 is 0 Å². The lowest BCUT2D eigenvalue weighted by molar-refractivity contribution is -0.116. The van der Waals surface area contributed by atoms with Crippen LogP contribution in [-0.2, 0) is 4.79 Å². The fraction of sp³-hybridized carbons (Fsp3) is 0.652. The molecule has 0 aliphatic carbocycles. The topological polar surface area (TPSA) is 85.3 Å². The highest BCUT2D eigenvalue weighted by atomic mass is 16.5. The molecule has 1 aliphatic heterocycles. The van der Waals surface area contributed by atoms with E-state index in [0.717, 1.165) is 13.0 Å². The highest BCUT2D eigenvalue weighted by Gasteiger charge is 2.33. The van der Waals surface area contributed by atoms with Gasteiger partial charge in [-0.1, -0.05) is 6.92 Å². The minimum absolute atomic E-state index is 0.0827. The van der Waals surface area contributed by atoms with E-state index in [1.54, 1.807) is 23.1 Å². The van der Waals surface area contributed by atoms with Gasteiger partial charge in [0.1, 0.15) is 11.9 Å². The molecule has 8 nitrogen and oxygen atoms in total. The maximum atomic E-state index is 13.4. The SMILES string of the molecule is C[C@@H]1CN([C@H](C)CO)C(=O)c2cc(NC(=O)CCCN(C)C)ccc2O[C@@H]1CN(C)C. The van der Waals surface area contributed by atoms with Crippen molar-refractivity contribution in [2.75, 3.05) is 59.7 Å². The molecule has 0 aromatic heterocycles. The summed E-state index contributed by atoms with van der Waals surface area (Å²) < 4.78 is 6.27. The molecule has 2 rings (SSSR count). The average molecular weight is 435 g/mol. The number of aliphatic hydroxyl groups is 1. The molecule has 1 aliphatic rings. The second-order valence-electron chi connectivity index (χ2n) is 9.05. The molecule has 31 heavy (non-hydrogen) atoms. The average Bonchev–Trinajstić information content (AvgIpc) is 2.69. The van der Waals surface area contributed by atoms with Crippen molar-refractivity contribution in [3.8, 4) is 5.75 Å². The number of rotatable bonds is 9. The van der Waals surface area contributed by atoms with Crippen LogP contribution in [0.2, 0.25) is 0 Å². The quantitative estimate of drug-likeness (QED) is 0.616. The summed E-state index contributed by atoms with van der Waals surface area (Å²) in [6.45, 7) is 5.81. The predicted octanol–water partition coefficient (Wildman–Crippen LogP) is 1.75. The molecule has 1 aromatic carbocycles. The summed E-state index contributed by atoms with van der Waals surface area (Å²) >= 11 is 0. The first kappa shape index (κ1) is 25.1. The minimum Gasteiger partial charge on any atom is -0.488 e. The number of carbonyl (C=O) groups excluding carboxylic acids is 2. The summed E-state index contributed by atoms with van der Waals surface area (Å²) in [5, 5.41) is 12.6. The molecule has 174 valence electrons. The van der Waals surface area contributed by atoms with E-state index in [0.29, 0.717) is 36.5 Å². The van der Waals surface area contributed by atoms with Crippen LogP contribution in [0.3, 0.4) is 0 Å². The molecule has 8 heteroatoms. The highest BCUT2D eigenvalue weighted by Crippen LogP contribution is 2.30. The van der Waals surface area contributed by atoms with E-state index < -0.39 is 0 Å². The first-order chi connectivity index (χ1) is 14.6. The fourth-order valence-corrected chi connectivity index (χ4v) is 3.66. The number of nitrogens with zero attached hydrogens (tertiary/aromatic N) is 3. The number of carbonyl (C=O) groups is 2. The number of anilines is 1. The van der Waals surface area contributed by atoms with Crippen LogP contribution in [0.15, 0.2) is 18.2 Å². The number of aliphatic hydroxyl groups excluding tert-OH is 1. The molecule has 0 spiro atoms. The van der Waals surface area contributed by atoms with Gasteiger partial charge in [-0.3, -0.25) is 9.59 Å². The third kappa shape index (κ3) is 7.19. The van der Waals surface area contributed by atoms with Crippen LogP contribution in [0.5, 0.6) is 5.75 Å². The maximum absolute atomic E-state index is 13.4. The monoisotopic (exact) mass is 434 g/mol. The summed E-state index contributed by atoms with van der Waals surface area (Å²) in [6, 6.07) is 4.89. The lowest BCUT2D eigenvalue weighted by Crippen LogP contribution is -2.49. The molecule has 2 N–H and O–H groups in total. The zero-order chi connectivity index (χ0) is 23.1. The summed E-state index contributed by atoms with van der Waals surface area (Å²) in [6.07, 6.45) is 1.06. The van der Waals surface area contributed by atoms with Gasteiger partial charge in [0, 0.05) is 31.1 Å². The predicted molar refractivity (Wildman–Crippen MR) is 123 cm³/mol. The van der Waals surface area contributed by atoms with Crippen LogP contribution in [0.25, 0.3) is 0 Å². The van der Waals surface area contributed by atoms with Gasteiger partial charge in [-0.15, -0.1) is 0 Å². The Kier molecular flexibility index (Phi) is 9.28. The number of nitrogens with one attached hydrogen (secondary N) is 1. The maximum Gasteiger partial charge on any atom is 0.258 e. The molecule has 0 bridgehead atoms. The van der Waals surface area contributed by atoms with Crippen LogP contribution in [-0.4, -0.2) is 98.2 Å².